The summed E-state index contributed by atoms with van der Waals surface area (Å²) in [4.78, 5) is 16.7. The standard InChI is InChI=1S/C18H19N3O5S/c1-20-11-13(27(23,24)21-8-4-5-9-21)10-15(20)18(22)25-12-17-19-14-6-2-3-7-16(14)26-17/h2-3,6-7,10-11H,4-5,8-9,12H2,1H3. The van der Waals surface area contributed by atoms with Crippen molar-refractivity contribution in [2.24, 2.45) is 7.05 Å². The van der Waals surface area contributed by atoms with E-state index in [9.17, 15) is 13.2 Å². The van der Waals surface area contributed by atoms with Gasteiger partial charge in [-0.05, 0) is 31.0 Å². The Labute approximate surface area is 156 Å². The summed E-state index contributed by atoms with van der Waals surface area (Å²) in [6.07, 6.45) is 3.14. The van der Waals surface area contributed by atoms with Crippen LogP contribution in [-0.2, 0) is 28.4 Å². The van der Waals surface area contributed by atoms with E-state index >= 15 is 0 Å². The highest BCUT2D eigenvalue weighted by atomic mass is 32.2. The number of carbonyl (C=O) groups is 1. The quantitative estimate of drug-likeness (QED) is 0.622. The molecule has 0 N–H and O–H groups in total. The van der Waals surface area contributed by atoms with E-state index in [1.165, 1.54) is 21.1 Å². The van der Waals surface area contributed by atoms with Crippen LogP contribution in [0.2, 0.25) is 0 Å². The van der Waals surface area contributed by atoms with E-state index < -0.39 is 16.0 Å². The molecule has 1 aliphatic heterocycles. The van der Waals surface area contributed by atoms with Crippen molar-refractivity contribution < 1.29 is 22.4 Å². The van der Waals surface area contributed by atoms with Crippen LogP contribution in [0.4, 0.5) is 0 Å². The molecule has 1 fully saturated rings. The van der Waals surface area contributed by atoms with Crippen LogP contribution < -0.4 is 0 Å². The molecule has 27 heavy (non-hydrogen) atoms. The van der Waals surface area contributed by atoms with Gasteiger partial charge < -0.3 is 13.7 Å². The number of rotatable bonds is 5. The monoisotopic (exact) mass is 389 g/mol. The first-order valence-electron chi connectivity index (χ1n) is 8.63. The molecular weight excluding hydrogens is 370 g/mol. The van der Waals surface area contributed by atoms with Gasteiger partial charge in [0.2, 0.25) is 15.9 Å². The minimum absolute atomic E-state index is 0.0979. The first-order valence-corrected chi connectivity index (χ1v) is 10.1. The number of aromatic nitrogens is 2. The number of aryl methyl sites for hydroxylation is 1. The highest BCUT2D eigenvalue weighted by molar-refractivity contribution is 7.89. The van der Waals surface area contributed by atoms with E-state index in [1.54, 1.807) is 19.2 Å². The summed E-state index contributed by atoms with van der Waals surface area (Å²) in [5, 5.41) is 0. The highest BCUT2D eigenvalue weighted by Gasteiger charge is 2.29. The molecule has 0 saturated carbocycles. The normalized spacial score (nSPS) is 15.4. The Hall–Kier alpha value is -2.65. The molecule has 0 bridgehead atoms. The lowest BCUT2D eigenvalue weighted by Crippen LogP contribution is -2.27. The summed E-state index contributed by atoms with van der Waals surface area (Å²) in [5.74, 6) is -0.355. The van der Waals surface area contributed by atoms with Crippen molar-refractivity contribution in [3.63, 3.8) is 0 Å². The van der Waals surface area contributed by atoms with Crippen LogP contribution in [0.1, 0.15) is 29.2 Å². The van der Waals surface area contributed by atoms with Gasteiger partial charge in [-0.2, -0.15) is 4.31 Å². The van der Waals surface area contributed by atoms with E-state index in [1.807, 2.05) is 12.1 Å². The van der Waals surface area contributed by atoms with Crippen molar-refractivity contribution in [3.05, 3.63) is 48.1 Å². The lowest BCUT2D eigenvalue weighted by molar-refractivity contribution is 0.0429. The molecule has 1 aliphatic rings. The number of oxazole rings is 1. The number of benzene rings is 1. The molecular formula is C18H19N3O5S. The van der Waals surface area contributed by atoms with E-state index in [0.717, 1.165) is 12.8 Å². The third-order valence-corrected chi connectivity index (χ3v) is 6.42. The molecule has 0 radical (unpaired) electrons. The second kappa shape index (κ2) is 6.82. The summed E-state index contributed by atoms with van der Waals surface area (Å²) in [7, 11) is -1.97. The average molecular weight is 389 g/mol. The van der Waals surface area contributed by atoms with Crippen molar-refractivity contribution in [2.45, 2.75) is 24.3 Å². The average Bonchev–Trinajstić information content (AvgIpc) is 3.38. The summed E-state index contributed by atoms with van der Waals surface area (Å²) in [6.45, 7) is 0.885. The molecule has 2 aromatic heterocycles. The van der Waals surface area contributed by atoms with Gasteiger partial charge in [0.25, 0.3) is 0 Å². The van der Waals surface area contributed by atoms with Gasteiger partial charge in [-0.15, -0.1) is 0 Å². The fourth-order valence-corrected chi connectivity index (χ4v) is 4.73. The van der Waals surface area contributed by atoms with Crippen LogP contribution in [0.15, 0.2) is 45.8 Å². The SMILES string of the molecule is Cn1cc(S(=O)(=O)N2CCCC2)cc1C(=O)OCc1nc2ccccc2o1. The van der Waals surface area contributed by atoms with Crippen LogP contribution in [0.25, 0.3) is 11.1 Å². The fraction of sp³-hybridized carbons (Fsp3) is 0.333. The number of fused-ring (bicyclic) bond motifs is 1. The molecule has 9 heteroatoms. The van der Waals surface area contributed by atoms with Crippen molar-refractivity contribution in [2.75, 3.05) is 13.1 Å². The predicted molar refractivity (Wildman–Crippen MR) is 96.5 cm³/mol. The number of carbonyl (C=O) groups excluding carboxylic acids is 1. The number of sulfonamides is 1. The molecule has 8 nitrogen and oxygen atoms in total. The largest absolute Gasteiger partial charge is 0.451 e. The first kappa shape index (κ1) is 17.7. The number of hydrogen-bond acceptors (Lipinski definition) is 6. The Morgan fingerprint density at radius 2 is 2.00 bits per heavy atom. The highest BCUT2D eigenvalue weighted by Crippen LogP contribution is 2.23. The third-order valence-electron chi connectivity index (χ3n) is 4.56. The summed E-state index contributed by atoms with van der Waals surface area (Å²) in [5.41, 5.74) is 1.45. The molecule has 0 aliphatic carbocycles. The van der Waals surface area contributed by atoms with Crippen LogP contribution in [0.3, 0.4) is 0 Å². The Morgan fingerprint density at radius 1 is 1.26 bits per heavy atom. The van der Waals surface area contributed by atoms with Crippen LogP contribution in [0.5, 0.6) is 0 Å². The van der Waals surface area contributed by atoms with Gasteiger partial charge in [-0.25, -0.2) is 18.2 Å². The number of para-hydroxylation sites is 2. The van der Waals surface area contributed by atoms with Gasteiger partial charge >= 0.3 is 5.97 Å². The molecule has 1 aromatic carbocycles. The molecule has 0 atom stereocenters. The Kier molecular flexibility index (Phi) is 4.48. The number of esters is 1. The minimum atomic E-state index is -3.58. The van der Waals surface area contributed by atoms with Crippen LogP contribution in [-0.4, -0.2) is 41.3 Å². The maximum atomic E-state index is 12.6. The van der Waals surface area contributed by atoms with Gasteiger partial charge in [0, 0.05) is 26.3 Å². The first-order chi connectivity index (χ1) is 12.9. The summed E-state index contributed by atoms with van der Waals surface area (Å²) < 4.78 is 38.9. The zero-order valence-electron chi connectivity index (χ0n) is 14.8. The van der Waals surface area contributed by atoms with E-state index in [2.05, 4.69) is 4.98 Å². The molecule has 3 aromatic rings. The minimum Gasteiger partial charge on any atom is -0.451 e. The summed E-state index contributed by atoms with van der Waals surface area (Å²) >= 11 is 0. The van der Waals surface area contributed by atoms with Gasteiger partial charge in [0.15, 0.2) is 12.2 Å². The van der Waals surface area contributed by atoms with Gasteiger partial charge in [-0.1, -0.05) is 12.1 Å². The van der Waals surface area contributed by atoms with Gasteiger partial charge in [0.05, 0.1) is 0 Å². The lowest BCUT2D eigenvalue weighted by Gasteiger charge is -2.13. The zero-order chi connectivity index (χ0) is 19.0. The number of ether oxygens (including phenoxy) is 1. The van der Waals surface area contributed by atoms with E-state index in [4.69, 9.17) is 9.15 Å². The maximum Gasteiger partial charge on any atom is 0.355 e. The molecule has 142 valence electrons. The van der Waals surface area contributed by atoms with Crippen molar-refractivity contribution in [1.82, 2.24) is 13.9 Å². The number of hydrogen-bond donors (Lipinski definition) is 0. The third kappa shape index (κ3) is 3.35. The van der Waals surface area contributed by atoms with E-state index in [0.29, 0.717) is 24.2 Å². The lowest BCUT2D eigenvalue weighted by atomic mass is 10.3. The van der Waals surface area contributed by atoms with Crippen molar-refractivity contribution in [3.8, 4) is 0 Å². The van der Waals surface area contributed by atoms with E-state index in [-0.39, 0.29) is 23.1 Å². The fourth-order valence-electron chi connectivity index (χ4n) is 3.14. The second-order valence-corrected chi connectivity index (χ2v) is 8.37. The maximum absolute atomic E-state index is 12.6. The van der Waals surface area contributed by atoms with Crippen molar-refractivity contribution >= 4 is 27.1 Å². The van der Waals surface area contributed by atoms with Gasteiger partial charge in [-0.3, -0.25) is 0 Å². The Balaban J connectivity index is 1.49. The topological polar surface area (TPSA) is 94.6 Å². The smallest absolute Gasteiger partial charge is 0.355 e. The van der Waals surface area contributed by atoms with Crippen LogP contribution >= 0.6 is 0 Å². The van der Waals surface area contributed by atoms with Crippen LogP contribution in [0, 0.1) is 0 Å². The molecule has 0 unspecified atom stereocenters. The van der Waals surface area contributed by atoms with Crippen molar-refractivity contribution in [1.29, 1.82) is 0 Å². The molecule has 0 amide bonds. The predicted octanol–water partition coefficient (Wildman–Crippen LogP) is 2.31. The number of nitrogens with zero attached hydrogens (tertiary/aromatic N) is 3. The Bertz CT molecular complexity index is 1060. The summed E-state index contributed by atoms with van der Waals surface area (Å²) in [6, 6.07) is 8.60. The molecule has 1 saturated heterocycles. The van der Waals surface area contributed by atoms with Gasteiger partial charge in [0.1, 0.15) is 16.1 Å². The Morgan fingerprint density at radius 3 is 2.74 bits per heavy atom. The second-order valence-electron chi connectivity index (χ2n) is 6.43. The molecule has 0 spiro atoms. The molecule has 4 rings (SSSR count). The zero-order valence-corrected chi connectivity index (χ0v) is 15.6. The molecule has 3 heterocycles.